The molecule has 2 aromatic carbocycles. The molecule has 1 unspecified atom stereocenters. The molecule has 5 rings (SSSR count). The molecular formula is C53H87N3O15S. The van der Waals surface area contributed by atoms with Crippen molar-refractivity contribution in [1.29, 1.82) is 0 Å². The van der Waals surface area contributed by atoms with Crippen molar-refractivity contribution < 1.29 is 71.9 Å². The first-order chi connectivity index (χ1) is 33.7. The Morgan fingerprint density at radius 1 is 0.917 bits per heavy atom. The number of carbonyl (C=O) groups excluding carboxylic acids is 1. The molecule has 3 aliphatic rings. The van der Waals surface area contributed by atoms with E-state index < -0.39 is 118 Å². The number of hydrogen-bond acceptors (Lipinski definition) is 17. The number of aliphatic hydroxyl groups is 5. The zero-order valence-electron chi connectivity index (χ0n) is 44.8. The van der Waals surface area contributed by atoms with Crippen LogP contribution in [-0.4, -0.2) is 168 Å². The monoisotopic (exact) mass is 1040 g/mol. The van der Waals surface area contributed by atoms with Gasteiger partial charge in [-0.1, -0.05) is 58.0 Å². The fraction of sp³-hybridized carbons (Fsp3) is 0.755. The van der Waals surface area contributed by atoms with Crippen molar-refractivity contribution in [3.05, 3.63) is 60.2 Å². The second kappa shape index (κ2) is 24.9. The van der Waals surface area contributed by atoms with Gasteiger partial charge in [0.2, 0.25) is 10.0 Å². The predicted octanol–water partition coefficient (Wildman–Crippen LogP) is 4.27. The summed E-state index contributed by atoms with van der Waals surface area (Å²) in [6.07, 6.45) is -8.83. The summed E-state index contributed by atoms with van der Waals surface area (Å²) in [6, 6.07) is 13.2. The van der Waals surface area contributed by atoms with Crippen LogP contribution in [0, 0.1) is 17.8 Å². The molecule has 3 heterocycles. The van der Waals surface area contributed by atoms with Crippen LogP contribution in [0.25, 0.3) is 0 Å². The van der Waals surface area contributed by atoms with Gasteiger partial charge in [0.1, 0.15) is 34.8 Å². The third-order valence-electron chi connectivity index (χ3n) is 15.6. The molecule has 0 radical (unpaired) electrons. The fourth-order valence-corrected chi connectivity index (χ4v) is 12.4. The maximum absolute atomic E-state index is 14.7. The van der Waals surface area contributed by atoms with Crippen LogP contribution in [-0.2, 0) is 49.8 Å². The van der Waals surface area contributed by atoms with E-state index in [4.69, 9.17) is 33.2 Å². The number of methoxy groups -OCH3 is 1. The van der Waals surface area contributed by atoms with Crippen LogP contribution in [0.4, 0.5) is 0 Å². The normalized spacial score (nSPS) is 40.0. The third-order valence-corrected chi connectivity index (χ3v) is 17.5. The lowest BCUT2D eigenvalue weighted by molar-refractivity contribution is -0.335. The Hall–Kier alpha value is -2.86. The number of nitrogens with zero attached hydrogens (tertiary/aromatic N) is 1. The third kappa shape index (κ3) is 13.4. The highest BCUT2D eigenvalue weighted by molar-refractivity contribution is 7.89. The van der Waals surface area contributed by atoms with E-state index in [1.54, 1.807) is 97.9 Å². The minimum Gasteiger partial charge on any atom is -0.483 e. The Bertz CT molecular complexity index is 2140. The van der Waals surface area contributed by atoms with E-state index in [0.717, 1.165) is 6.42 Å². The van der Waals surface area contributed by atoms with Gasteiger partial charge in [0.05, 0.1) is 53.5 Å². The minimum absolute atomic E-state index is 0.0140. The van der Waals surface area contributed by atoms with E-state index in [0.29, 0.717) is 17.9 Å². The maximum Gasteiger partial charge on any atom is 0.311 e. The zero-order chi connectivity index (χ0) is 53.6. The van der Waals surface area contributed by atoms with Gasteiger partial charge in [0, 0.05) is 39.1 Å². The van der Waals surface area contributed by atoms with E-state index in [9.17, 15) is 38.7 Å². The molecule has 3 fully saturated rings. The quantitative estimate of drug-likeness (QED) is 0.0917. The Morgan fingerprint density at radius 3 is 2.22 bits per heavy atom. The SMILES string of the molecule is CCCNC[C@@]1(O)[C@@H](C)OC(O[C@H]2[C@H](C)[C@@H](O[C@@H]3O[C@H](C)C[C@H](N(C)S(=O)(=O)c4ccccc4)[C@H]3Oc3cccc(CO)c3)[C@](C)(O)C[C@@H](C)CN[C@H](C)[C@@H](O)[C@](C)(O)[C@@H](CC)OC(=O)[C@@H]2C)C[C@]1(C)OC. The summed E-state index contributed by atoms with van der Waals surface area (Å²) in [5, 5.41) is 65.5. The number of likely N-dealkylation sites (N-methyl/N-ethyl adjacent to an activating group) is 1. The number of ether oxygens (including phenoxy) is 7. The number of nitrogens with one attached hydrogen (secondary N) is 2. The second-order valence-electron chi connectivity index (χ2n) is 21.5. The highest BCUT2D eigenvalue weighted by Crippen LogP contribution is 2.44. The smallest absolute Gasteiger partial charge is 0.311 e. The summed E-state index contributed by atoms with van der Waals surface area (Å²) in [5.41, 5.74) is -5.84. The Kier molecular flexibility index (Phi) is 20.7. The van der Waals surface area contributed by atoms with E-state index in [1.165, 1.54) is 37.5 Å². The Morgan fingerprint density at radius 2 is 1.60 bits per heavy atom. The van der Waals surface area contributed by atoms with Gasteiger partial charge in [-0.15, -0.1) is 0 Å². The summed E-state index contributed by atoms with van der Waals surface area (Å²) in [5.74, 6) is -2.86. The van der Waals surface area contributed by atoms with E-state index in [1.807, 2.05) is 13.8 Å². The largest absolute Gasteiger partial charge is 0.483 e. The van der Waals surface area contributed by atoms with Crippen LogP contribution < -0.4 is 15.4 Å². The summed E-state index contributed by atoms with van der Waals surface area (Å²) in [7, 11) is -1.14. The zero-order valence-corrected chi connectivity index (χ0v) is 45.6. The first-order valence-corrected chi connectivity index (χ1v) is 27.2. The highest BCUT2D eigenvalue weighted by atomic mass is 32.2. The lowest BCUT2D eigenvalue weighted by Gasteiger charge is -2.53. The van der Waals surface area contributed by atoms with Crippen LogP contribution in [0.15, 0.2) is 59.5 Å². The number of esters is 1. The average Bonchev–Trinajstić information content (AvgIpc) is 3.34. The van der Waals surface area contributed by atoms with Crippen LogP contribution in [0.1, 0.15) is 114 Å². The average molecular weight is 1040 g/mol. The molecule has 18 atom stereocenters. The van der Waals surface area contributed by atoms with Crippen molar-refractivity contribution in [2.75, 3.05) is 33.8 Å². The number of benzene rings is 2. The first kappa shape index (κ1) is 60.0. The molecule has 0 spiro atoms. The highest BCUT2D eigenvalue weighted by Gasteiger charge is 2.59. The molecule has 72 heavy (non-hydrogen) atoms. The van der Waals surface area contributed by atoms with Crippen molar-refractivity contribution >= 4 is 16.0 Å². The summed E-state index contributed by atoms with van der Waals surface area (Å²) >= 11 is 0. The molecular weight excluding hydrogens is 951 g/mol. The Labute approximate surface area is 428 Å². The molecule has 3 aliphatic heterocycles. The minimum atomic E-state index is -4.13. The van der Waals surface area contributed by atoms with Crippen molar-refractivity contribution in [1.82, 2.24) is 14.9 Å². The van der Waals surface area contributed by atoms with E-state index in [-0.39, 0.29) is 56.2 Å². The number of sulfonamides is 1. The van der Waals surface area contributed by atoms with Gasteiger partial charge in [-0.25, -0.2) is 8.42 Å². The first-order valence-electron chi connectivity index (χ1n) is 25.8. The lowest BCUT2D eigenvalue weighted by Crippen LogP contribution is -2.70. The molecule has 7 N–H and O–H groups in total. The van der Waals surface area contributed by atoms with E-state index >= 15 is 0 Å². The van der Waals surface area contributed by atoms with Crippen molar-refractivity contribution in [2.45, 2.75) is 210 Å². The van der Waals surface area contributed by atoms with Gasteiger partial charge < -0.3 is 69.3 Å². The molecule has 0 amide bonds. The van der Waals surface area contributed by atoms with Gasteiger partial charge in [-0.05, 0) is 123 Å². The molecule has 3 saturated heterocycles. The van der Waals surface area contributed by atoms with Crippen molar-refractivity contribution in [3.63, 3.8) is 0 Å². The second-order valence-corrected chi connectivity index (χ2v) is 23.5. The fourth-order valence-electron chi connectivity index (χ4n) is 11.0. The summed E-state index contributed by atoms with van der Waals surface area (Å²) in [6.45, 7) is 20.0. The molecule has 18 nitrogen and oxygen atoms in total. The number of cyclic esters (lactones) is 1. The summed E-state index contributed by atoms with van der Waals surface area (Å²) < 4.78 is 76.4. The lowest BCUT2D eigenvalue weighted by atomic mass is 9.75. The predicted molar refractivity (Wildman–Crippen MR) is 270 cm³/mol. The molecule has 0 aliphatic carbocycles. The summed E-state index contributed by atoms with van der Waals surface area (Å²) in [4.78, 5) is 14.8. The molecule has 19 heteroatoms. The number of hydrogen-bond donors (Lipinski definition) is 7. The number of carbonyl (C=O) groups is 1. The van der Waals surface area contributed by atoms with Crippen LogP contribution in [0.5, 0.6) is 5.75 Å². The van der Waals surface area contributed by atoms with Gasteiger partial charge in [0.25, 0.3) is 0 Å². The molecule has 410 valence electrons. The van der Waals surface area contributed by atoms with Crippen molar-refractivity contribution in [2.24, 2.45) is 17.8 Å². The van der Waals surface area contributed by atoms with E-state index in [2.05, 4.69) is 10.6 Å². The molecule has 2 aromatic rings. The maximum atomic E-state index is 14.7. The van der Waals surface area contributed by atoms with Gasteiger partial charge in [0.15, 0.2) is 18.7 Å². The topological polar surface area (TPSA) is 244 Å². The van der Waals surface area contributed by atoms with Crippen LogP contribution in [0.2, 0.25) is 0 Å². The van der Waals surface area contributed by atoms with Crippen molar-refractivity contribution in [3.8, 4) is 5.75 Å². The van der Waals surface area contributed by atoms with Gasteiger partial charge in [-0.2, -0.15) is 4.31 Å². The van der Waals surface area contributed by atoms with Crippen LogP contribution in [0.3, 0.4) is 0 Å². The molecule has 0 aromatic heterocycles. The van der Waals surface area contributed by atoms with Crippen LogP contribution >= 0.6 is 0 Å². The number of aliphatic hydroxyl groups excluding tert-OH is 2. The van der Waals surface area contributed by atoms with Gasteiger partial charge in [-0.3, -0.25) is 4.79 Å². The Balaban J connectivity index is 1.67. The standard InChI is InChI=1S/C53H87N3O15S/c1-14-24-54-31-53(62)37(8)67-43(28-51(53,10)65-13)70-44-34(5)47(50(9,60)27-32(3)29-55-36(7)46(58)52(11,61)42(15-2)69-48(59)35(44)6)71-49-45(68-39-21-19-20-38(26-39)30-57)41(25-33(4)66-49)56(12)72(63,64)40-22-17-16-18-23-40/h16-23,26,32-37,41-47,49,54-55,57-58,60-62H,14-15,24-25,27-31H2,1-13H3/t32-,33-,34+,35-,36-,37-,41+,42-,43?,44+,45-,46-,47-,49+,50-,51+,52-,53-/m1/s1. The molecule has 0 bridgehead atoms. The molecule has 0 saturated carbocycles. The van der Waals surface area contributed by atoms with Gasteiger partial charge >= 0.3 is 5.97 Å². The number of rotatable bonds is 16.